The summed E-state index contributed by atoms with van der Waals surface area (Å²) in [5.74, 6) is -1.46. The second kappa shape index (κ2) is 5.79. The van der Waals surface area contributed by atoms with E-state index in [4.69, 9.17) is 0 Å². The summed E-state index contributed by atoms with van der Waals surface area (Å²) in [6.45, 7) is 4.52. The van der Waals surface area contributed by atoms with Crippen molar-refractivity contribution in [1.82, 2.24) is 0 Å². The Morgan fingerprint density at radius 2 is 1.81 bits per heavy atom. The molecule has 0 aliphatic carbocycles. The lowest BCUT2D eigenvalue weighted by molar-refractivity contribution is -0.274. The van der Waals surface area contributed by atoms with Crippen LogP contribution in [0.3, 0.4) is 0 Å². The van der Waals surface area contributed by atoms with Crippen LogP contribution >= 0.6 is 0 Å². The third-order valence-corrected chi connectivity index (χ3v) is 2.53. The molecule has 0 radical (unpaired) electrons. The van der Waals surface area contributed by atoms with Crippen LogP contribution in [0.5, 0.6) is 5.75 Å². The smallest absolute Gasteiger partial charge is 0.423 e. The van der Waals surface area contributed by atoms with Crippen LogP contribution in [0, 0.1) is 0 Å². The van der Waals surface area contributed by atoms with Gasteiger partial charge >= 0.3 is 12.1 Å². The molecule has 0 heterocycles. The van der Waals surface area contributed by atoms with E-state index in [9.17, 15) is 31.1 Å². The molecule has 1 aromatic carbocycles. The summed E-state index contributed by atoms with van der Waals surface area (Å²) in [6, 6.07) is 2.85. The lowest BCUT2D eigenvalue weighted by Gasteiger charge is -2.27. The van der Waals surface area contributed by atoms with Crippen LogP contribution in [0.4, 0.5) is 26.3 Å². The quantitative estimate of drug-likeness (QED) is 0.361. The Kier molecular flexibility index (Phi) is 4.70. The highest BCUT2D eigenvalue weighted by atomic mass is 19.4. The normalized spacial score (nSPS) is 14.7. The average Bonchev–Trinajstić information content (AvgIpc) is 2.36. The maximum Gasteiger partial charge on any atom is 0.432 e. The molecule has 2 nitrogen and oxygen atoms in total. The van der Waals surface area contributed by atoms with Crippen LogP contribution in [0.1, 0.15) is 12.5 Å². The third-order valence-electron chi connectivity index (χ3n) is 2.53. The first-order valence-corrected chi connectivity index (χ1v) is 5.52. The van der Waals surface area contributed by atoms with Crippen molar-refractivity contribution in [2.24, 2.45) is 0 Å². The summed E-state index contributed by atoms with van der Waals surface area (Å²) in [5, 5.41) is 0. The molecule has 1 unspecified atom stereocenters. The van der Waals surface area contributed by atoms with Gasteiger partial charge in [-0.3, -0.25) is 0 Å². The zero-order valence-corrected chi connectivity index (χ0v) is 10.7. The van der Waals surface area contributed by atoms with Gasteiger partial charge in [-0.25, -0.2) is 18.0 Å². The minimum Gasteiger partial charge on any atom is -0.423 e. The van der Waals surface area contributed by atoms with Crippen molar-refractivity contribution < 1.29 is 35.9 Å². The lowest BCUT2D eigenvalue weighted by Crippen LogP contribution is -2.44. The average molecular weight is 312 g/mol. The van der Waals surface area contributed by atoms with Gasteiger partial charge in [0.05, 0.1) is 0 Å². The van der Waals surface area contributed by atoms with Crippen LogP contribution < -0.4 is 4.74 Å². The van der Waals surface area contributed by atoms with Gasteiger partial charge in [0.2, 0.25) is 0 Å². The van der Waals surface area contributed by atoms with Crippen LogP contribution in [0.25, 0.3) is 0 Å². The highest BCUT2D eigenvalue weighted by Gasteiger charge is 2.64. The van der Waals surface area contributed by atoms with E-state index >= 15 is 0 Å². The summed E-state index contributed by atoms with van der Waals surface area (Å²) in [5.41, 5.74) is -6.26. The van der Waals surface area contributed by atoms with E-state index in [0.717, 1.165) is 12.1 Å². The first-order chi connectivity index (χ1) is 9.50. The van der Waals surface area contributed by atoms with E-state index in [1.807, 2.05) is 0 Å². The van der Waals surface area contributed by atoms with Crippen molar-refractivity contribution in [3.8, 4) is 5.75 Å². The van der Waals surface area contributed by atoms with E-state index in [1.165, 1.54) is 6.92 Å². The molecule has 0 bridgehead atoms. The van der Waals surface area contributed by atoms with E-state index in [-0.39, 0.29) is 5.57 Å². The van der Waals surface area contributed by atoms with Gasteiger partial charge in [-0.2, -0.15) is 13.2 Å². The van der Waals surface area contributed by atoms with Crippen molar-refractivity contribution in [3.05, 3.63) is 42.0 Å². The molecule has 0 aliphatic heterocycles. The molecule has 1 rings (SSSR count). The number of rotatable bonds is 4. The molecule has 0 spiro atoms. The minimum atomic E-state index is -5.82. The van der Waals surface area contributed by atoms with Gasteiger partial charge < -0.3 is 4.74 Å². The van der Waals surface area contributed by atoms with Gasteiger partial charge in [0, 0.05) is 11.1 Å². The number of ether oxygens (including phenoxy) is 1. The first kappa shape index (κ1) is 17.1. The first-order valence-electron chi connectivity index (χ1n) is 5.52. The van der Waals surface area contributed by atoms with Gasteiger partial charge in [-0.15, -0.1) is 0 Å². The van der Waals surface area contributed by atoms with Gasteiger partial charge in [0.1, 0.15) is 5.75 Å². The number of esters is 1. The minimum absolute atomic E-state index is 0.0587. The largest absolute Gasteiger partial charge is 0.432 e. The predicted octanol–water partition coefficient (Wildman–Crippen LogP) is 4.16. The molecule has 0 amide bonds. The van der Waals surface area contributed by atoms with E-state index in [0.29, 0.717) is 12.1 Å². The fourth-order valence-corrected chi connectivity index (χ4v) is 1.39. The summed E-state index contributed by atoms with van der Waals surface area (Å²) in [4.78, 5) is 11.2. The summed E-state index contributed by atoms with van der Waals surface area (Å²) < 4.78 is 81.3. The Bertz CT molecular complexity index is 552. The van der Waals surface area contributed by atoms with Crippen LogP contribution in [-0.2, 0) is 10.5 Å². The molecule has 0 fully saturated rings. The highest BCUT2D eigenvalue weighted by Crippen LogP contribution is 2.47. The Labute approximate surface area is 116 Å². The molecule has 0 saturated heterocycles. The second-order valence-electron chi connectivity index (χ2n) is 4.21. The Balaban J connectivity index is 3.25. The topological polar surface area (TPSA) is 26.3 Å². The zero-order valence-electron chi connectivity index (χ0n) is 10.7. The molecule has 1 aromatic rings. The molecule has 21 heavy (non-hydrogen) atoms. The molecule has 0 saturated carbocycles. The monoisotopic (exact) mass is 312 g/mol. The number of carbonyl (C=O) groups is 1. The van der Waals surface area contributed by atoms with Crippen molar-refractivity contribution in [2.45, 2.75) is 25.2 Å². The van der Waals surface area contributed by atoms with Crippen molar-refractivity contribution in [2.75, 3.05) is 0 Å². The Hall–Kier alpha value is -1.99. The SMILES string of the molecule is C=C(C)C(=O)Oc1cccc(C(F)(C(F)F)C(F)(F)F)c1. The van der Waals surface area contributed by atoms with E-state index < -0.39 is 35.6 Å². The predicted molar refractivity (Wildman–Crippen MR) is 61.7 cm³/mol. The standard InChI is InChI=1S/C13H10F6O2/c1-7(2)10(20)21-9-5-3-4-8(6-9)12(16,11(14)15)13(17,18)19/h3-6,11H,1H2,2H3. The third kappa shape index (κ3) is 3.37. The second-order valence-corrected chi connectivity index (χ2v) is 4.21. The molecule has 0 N–H and O–H groups in total. The maximum atomic E-state index is 13.8. The number of hydrogen-bond acceptors (Lipinski definition) is 2. The van der Waals surface area contributed by atoms with Gasteiger partial charge in [-0.1, -0.05) is 18.7 Å². The number of carbonyl (C=O) groups excluding carboxylic acids is 1. The van der Waals surface area contributed by atoms with Gasteiger partial charge in [0.15, 0.2) is 0 Å². The van der Waals surface area contributed by atoms with Crippen molar-refractivity contribution >= 4 is 5.97 Å². The number of hydrogen-bond donors (Lipinski definition) is 0. The van der Waals surface area contributed by atoms with Gasteiger partial charge in [-0.05, 0) is 19.1 Å². The zero-order chi connectivity index (χ0) is 16.4. The van der Waals surface area contributed by atoms with Crippen LogP contribution in [-0.4, -0.2) is 18.6 Å². The maximum absolute atomic E-state index is 13.8. The van der Waals surface area contributed by atoms with Crippen molar-refractivity contribution in [1.29, 1.82) is 0 Å². The molecule has 0 aromatic heterocycles. The molecule has 1 atom stereocenters. The highest BCUT2D eigenvalue weighted by molar-refractivity contribution is 5.88. The van der Waals surface area contributed by atoms with Crippen LogP contribution in [0.15, 0.2) is 36.4 Å². The number of alkyl halides is 6. The van der Waals surface area contributed by atoms with E-state index in [1.54, 1.807) is 0 Å². The van der Waals surface area contributed by atoms with Crippen LogP contribution in [0.2, 0.25) is 0 Å². The Morgan fingerprint density at radius 3 is 2.24 bits per heavy atom. The van der Waals surface area contributed by atoms with E-state index in [2.05, 4.69) is 11.3 Å². The lowest BCUT2D eigenvalue weighted by atomic mass is 9.95. The molecule has 0 aliphatic rings. The van der Waals surface area contributed by atoms with Crippen molar-refractivity contribution in [3.63, 3.8) is 0 Å². The molecule has 116 valence electrons. The fraction of sp³-hybridized carbons (Fsp3) is 0.308. The molecule has 8 heteroatoms. The summed E-state index contributed by atoms with van der Waals surface area (Å²) >= 11 is 0. The Morgan fingerprint density at radius 1 is 1.24 bits per heavy atom. The number of halogens is 6. The number of benzene rings is 1. The summed E-state index contributed by atoms with van der Waals surface area (Å²) in [6.07, 6.45) is -10.2. The van der Waals surface area contributed by atoms with Gasteiger partial charge in [0.25, 0.3) is 12.1 Å². The molecular weight excluding hydrogens is 302 g/mol. The summed E-state index contributed by atoms with van der Waals surface area (Å²) in [7, 11) is 0. The fourth-order valence-electron chi connectivity index (χ4n) is 1.39. The molecular formula is C13H10F6O2.